The summed E-state index contributed by atoms with van der Waals surface area (Å²) in [5.74, 6) is 0.438. The summed E-state index contributed by atoms with van der Waals surface area (Å²) in [6.45, 7) is 2.25. The van der Waals surface area contributed by atoms with Gasteiger partial charge in [-0.2, -0.15) is 5.10 Å². The van der Waals surface area contributed by atoms with Gasteiger partial charge in [0.25, 0.3) is 5.91 Å². The zero-order chi connectivity index (χ0) is 18.1. The molecule has 0 spiro atoms. The molecule has 1 aliphatic heterocycles. The molecule has 0 saturated carbocycles. The predicted octanol–water partition coefficient (Wildman–Crippen LogP) is 1.32. The van der Waals surface area contributed by atoms with Crippen LogP contribution < -0.4 is 0 Å². The molecule has 1 aromatic carbocycles. The van der Waals surface area contributed by atoms with Crippen molar-refractivity contribution in [3.63, 3.8) is 0 Å². The van der Waals surface area contributed by atoms with E-state index in [0.717, 1.165) is 5.39 Å². The van der Waals surface area contributed by atoms with Gasteiger partial charge in [0.2, 0.25) is 0 Å². The van der Waals surface area contributed by atoms with E-state index in [1.54, 1.807) is 47.2 Å². The molecule has 1 fully saturated rings. The van der Waals surface area contributed by atoms with Crippen LogP contribution in [0.5, 0.6) is 0 Å². The van der Waals surface area contributed by atoms with Crippen molar-refractivity contribution in [2.75, 3.05) is 26.3 Å². The Balaban J connectivity index is 1.83. The summed E-state index contributed by atoms with van der Waals surface area (Å²) in [7, 11) is 1.77. The topological polar surface area (TPSA) is 90.2 Å². The molecule has 132 valence electrons. The number of fused-ring (bicyclic) bond motifs is 1. The zero-order valence-electron chi connectivity index (χ0n) is 14.3. The number of morpholine rings is 1. The summed E-state index contributed by atoms with van der Waals surface area (Å²) in [5.41, 5.74) is 2.16. The Morgan fingerprint density at radius 3 is 2.73 bits per heavy atom. The Bertz CT molecular complexity index is 992. The third kappa shape index (κ3) is 2.95. The van der Waals surface area contributed by atoms with E-state index in [9.17, 15) is 9.59 Å². The molecule has 0 bridgehead atoms. The average molecular weight is 351 g/mol. The van der Waals surface area contributed by atoms with Crippen molar-refractivity contribution >= 4 is 23.1 Å². The second-order valence-corrected chi connectivity index (χ2v) is 6.09. The fourth-order valence-electron chi connectivity index (χ4n) is 3.04. The predicted molar refractivity (Wildman–Crippen MR) is 93.9 cm³/mol. The van der Waals surface area contributed by atoms with Crippen molar-refractivity contribution in [3.8, 4) is 11.4 Å². The van der Waals surface area contributed by atoms with Gasteiger partial charge in [0.15, 0.2) is 12.1 Å². The third-order valence-electron chi connectivity index (χ3n) is 4.33. The number of carbonyl (C=O) groups is 2. The lowest BCUT2D eigenvalue weighted by Crippen LogP contribution is -2.40. The molecule has 3 heterocycles. The first-order chi connectivity index (χ1) is 12.7. The molecule has 0 radical (unpaired) electrons. The molecule has 4 rings (SSSR count). The number of pyridine rings is 1. The molecule has 8 nitrogen and oxygen atoms in total. The van der Waals surface area contributed by atoms with E-state index in [4.69, 9.17) is 4.74 Å². The number of benzene rings is 1. The first-order valence-electron chi connectivity index (χ1n) is 8.29. The minimum Gasteiger partial charge on any atom is -0.378 e. The molecule has 26 heavy (non-hydrogen) atoms. The molecular formula is C18H17N5O3. The molecule has 0 N–H and O–H groups in total. The van der Waals surface area contributed by atoms with Gasteiger partial charge in [0.1, 0.15) is 12.0 Å². The molecule has 1 aliphatic rings. The maximum atomic E-state index is 12.8. The molecule has 0 atom stereocenters. The lowest BCUT2D eigenvalue weighted by molar-refractivity contribution is 0.0303. The number of aryl methyl sites for hydroxylation is 1. The first kappa shape index (κ1) is 16.3. The van der Waals surface area contributed by atoms with Gasteiger partial charge in [0.05, 0.1) is 18.7 Å². The van der Waals surface area contributed by atoms with Crippen molar-refractivity contribution in [1.29, 1.82) is 0 Å². The van der Waals surface area contributed by atoms with Crippen LogP contribution in [0, 0.1) is 0 Å². The van der Waals surface area contributed by atoms with E-state index in [2.05, 4.69) is 15.1 Å². The summed E-state index contributed by atoms with van der Waals surface area (Å²) in [6, 6.07) is 6.92. The van der Waals surface area contributed by atoms with Gasteiger partial charge in [-0.3, -0.25) is 14.3 Å². The third-order valence-corrected chi connectivity index (χ3v) is 4.33. The SMILES string of the molecule is Cn1cnc(-c2cc(C=O)nc3ccc(C(=O)N4CCOCC4)cc23)n1. The fraction of sp³-hybridized carbons (Fsp3) is 0.278. The summed E-state index contributed by atoms with van der Waals surface area (Å²) in [4.78, 5) is 34.4. The zero-order valence-corrected chi connectivity index (χ0v) is 14.3. The van der Waals surface area contributed by atoms with Crippen LogP contribution in [0.25, 0.3) is 22.3 Å². The highest BCUT2D eigenvalue weighted by molar-refractivity contribution is 6.02. The number of carbonyl (C=O) groups excluding carboxylic acids is 2. The molecule has 2 aromatic heterocycles. The van der Waals surface area contributed by atoms with Crippen LogP contribution in [0.1, 0.15) is 20.8 Å². The Labute approximate surface area is 149 Å². The normalized spacial score (nSPS) is 14.6. The molecule has 1 saturated heterocycles. The molecule has 1 amide bonds. The van der Waals surface area contributed by atoms with Crippen LogP contribution in [0.15, 0.2) is 30.6 Å². The van der Waals surface area contributed by atoms with E-state index >= 15 is 0 Å². The highest BCUT2D eigenvalue weighted by Gasteiger charge is 2.20. The molecule has 3 aromatic rings. The maximum absolute atomic E-state index is 12.8. The molecular weight excluding hydrogens is 334 g/mol. The van der Waals surface area contributed by atoms with Gasteiger partial charge in [-0.15, -0.1) is 0 Å². The Kier molecular flexibility index (Phi) is 4.18. The van der Waals surface area contributed by atoms with E-state index in [1.165, 1.54) is 0 Å². The Morgan fingerprint density at radius 1 is 1.23 bits per heavy atom. The van der Waals surface area contributed by atoms with Crippen molar-refractivity contribution < 1.29 is 14.3 Å². The molecule has 0 aliphatic carbocycles. The number of ether oxygens (including phenoxy) is 1. The first-order valence-corrected chi connectivity index (χ1v) is 8.29. The Hall–Kier alpha value is -3.13. The van der Waals surface area contributed by atoms with E-state index < -0.39 is 0 Å². The summed E-state index contributed by atoms with van der Waals surface area (Å²) < 4.78 is 6.89. The van der Waals surface area contributed by atoms with Crippen molar-refractivity contribution in [1.82, 2.24) is 24.6 Å². The largest absolute Gasteiger partial charge is 0.378 e. The highest BCUT2D eigenvalue weighted by Crippen LogP contribution is 2.27. The average Bonchev–Trinajstić information content (AvgIpc) is 3.13. The lowest BCUT2D eigenvalue weighted by atomic mass is 10.0. The van der Waals surface area contributed by atoms with Crippen molar-refractivity contribution in [2.24, 2.45) is 7.05 Å². The van der Waals surface area contributed by atoms with Crippen LogP contribution in [0.2, 0.25) is 0 Å². The highest BCUT2D eigenvalue weighted by atomic mass is 16.5. The number of nitrogens with zero attached hydrogens (tertiary/aromatic N) is 5. The summed E-state index contributed by atoms with van der Waals surface area (Å²) in [5, 5.41) is 5.06. The van der Waals surface area contributed by atoms with Crippen molar-refractivity contribution in [2.45, 2.75) is 0 Å². The van der Waals surface area contributed by atoms with E-state index in [-0.39, 0.29) is 5.91 Å². The summed E-state index contributed by atoms with van der Waals surface area (Å²) >= 11 is 0. The van der Waals surface area contributed by atoms with Crippen LogP contribution in [0.4, 0.5) is 0 Å². The number of hydrogen-bond donors (Lipinski definition) is 0. The number of hydrogen-bond acceptors (Lipinski definition) is 6. The minimum absolute atomic E-state index is 0.0467. The number of rotatable bonds is 3. The van der Waals surface area contributed by atoms with Crippen LogP contribution in [-0.2, 0) is 11.8 Å². The maximum Gasteiger partial charge on any atom is 0.254 e. The standard InChI is InChI=1S/C18H17N5O3/c1-22-11-19-17(21-22)15-9-13(10-24)20-16-3-2-12(8-14(15)16)18(25)23-4-6-26-7-5-23/h2-3,8-11H,4-7H2,1H3. The van der Waals surface area contributed by atoms with Gasteiger partial charge < -0.3 is 9.64 Å². The van der Waals surface area contributed by atoms with E-state index in [1.807, 2.05) is 0 Å². The van der Waals surface area contributed by atoms with Gasteiger partial charge in [-0.25, -0.2) is 9.97 Å². The smallest absolute Gasteiger partial charge is 0.254 e. The molecule has 0 unspecified atom stereocenters. The van der Waals surface area contributed by atoms with E-state index in [0.29, 0.717) is 60.8 Å². The van der Waals surface area contributed by atoms with Crippen LogP contribution in [-0.4, -0.2) is 63.1 Å². The second kappa shape index (κ2) is 6.64. The summed E-state index contributed by atoms with van der Waals surface area (Å²) in [6.07, 6.45) is 2.28. The minimum atomic E-state index is -0.0467. The van der Waals surface area contributed by atoms with Gasteiger partial charge in [-0.1, -0.05) is 0 Å². The lowest BCUT2D eigenvalue weighted by Gasteiger charge is -2.27. The number of aldehydes is 1. The van der Waals surface area contributed by atoms with Crippen LogP contribution in [0.3, 0.4) is 0 Å². The Morgan fingerprint density at radius 2 is 2.04 bits per heavy atom. The van der Waals surface area contributed by atoms with Crippen LogP contribution >= 0.6 is 0 Å². The second-order valence-electron chi connectivity index (χ2n) is 6.09. The van der Waals surface area contributed by atoms with Gasteiger partial charge in [0, 0.05) is 36.7 Å². The van der Waals surface area contributed by atoms with Gasteiger partial charge in [-0.05, 0) is 24.3 Å². The van der Waals surface area contributed by atoms with Crippen molar-refractivity contribution in [3.05, 3.63) is 41.9 Å². The van der Waals surface area contributed by atoms with Gasteiger partial charge >= 0.3 is 0 Å². The number of aromatic nitrogens is 4. The fourth-order valence-corrected chi connectivity index (χ4v) is 3.04. The molecule has 8 heteroatoms. The monoisotopic (exact) mass is 351 g/mol. The quantitative estimate of drug-likeness (QED) is 0.661. The number of amides is 1.